The number of benzene rings is 1. The quantitative estimate of drug-likeness (QED) is 0.708. The molecule has 0 radical (unpaired) electrons. The van der Waals surface area contributed by atoms with Crippen molar-refractivity contribution in [2.45, 2.75) is 5.33 Å². The van der Waals surface area contributed by atoms with Crippen LogP contribution < -0.4 is 0 Å². The second-order valence-corrected chi connectivity index (χ2v) is 3.77. The highest BCUT2D eigenvalue weighted by Crippen LogP contribution is 2.23. The Kier molecular flexibility index (Phi) is 2.51. The lowest BCUT2D eigenvalue weighted by Crippen LogP contribution is -1.85. The Labute approximate surface area is 89.9 Å². The molecule has 0 spiro atoms. The number of rotatable bonds is 1. The molecule has 1 nitrogen and oxygen atoms in total. The normalized spacial score (nSPS) is 10.6. The van der Waals surface area contributed by atoms with Gasteiger partial charge in [-0.3, -0.25) is 4.98 Å². The van der Waals surface area contributed by atoms with Crippen LogP contribution in [0.1, 0.15) is 5.56 Å². The van der Waals surface area contributed by atoms with Crippen LogP contribution in [0.15, 0.2) is 30.5 Å². The zero-order valence-corrected chi connectivity index (χ0v) is 9.14. The molecule has 0 saturated heterocycles. The van der Waals surface area contributed by atoms with E-state index in [1.54, 1.807) is 6.20 Å². The second-order valence-electron chi connectivity index (χ2n) is 2.77. The lowest BCUT2D eigenvalue weighted by Gasteiger charge is -2.02. The largest absolute Gasteiger partial charge is 0.256 e. The van der Waals surface area contributed by atoms with Crippen molar-refractivity contribution in [1.82, 2.24) is 4.98 Å². The van der Waals surface area contributed by atoms with Crippen LogP contribution in [0.3, 0.4) is 0 Å². The van der Waals surface area contributed by atoms with Crippen LogP contribution in [0.4, 0.5) is 0 Å². The minimum Gasteiger partial charge on any atom is -0.256 e. The first-order valence-corrected chi connectivity index (χ1v) is 5.40. The van der Waals surface area contributed by atoms with E-state index in [4.69, 9.17) is 11.6 Å². The third-order valence-electron chi connectivity index (χ3n) is 1.89. The molecule has 2 aromatic rings. The van der Waals surface area contributed by atoms with Crippen molar-refractivity contribution in [3.63, 3.8) is 0 Å². The van der Waals surface area contributed by atoms with E-state index in [-0.39, 0.29) is 0 Å². The maximum absolute atomic E-state index is 5.95. The first-order valence-electron chi connectivity index (χ1n) is 3.90. The van der Waals surface area contributed by atoms with Crippen molar-refractivity contribution < 1.29 is 0 Å². The molecule has 2 rings (SSSR count). The van der Waals surface area contributed by atoms with Gasteiger partial charge in [0.15, 0.2) is 0 Å². The van der Waals surface area contributed by atoms with Crippen LogP contribution in [0.5, 0.6) is 0 Å². The topological polar surface area (TPSA) is 12.9 Å². The Morgan fingerprint density at radius 1 is 1.38 bits per heavy atom. The Balaban J connectivity index is 2.81. The number of fused-ring (bicyclic) bond motifs is 1. The summed E-state index contributed by atoms with van der Waals surface area (Å²) < 4.78 is 0. The fraction of sp³-hybridized carbons (Fsp3) is 0.100. The van der Waals surface area contributed by atoms with Crippen LogP contribution in [-0.4, -0.2) is 4.98 Å². The lowest BCUT2D eigenvalue weighted by atomic mass is 10.1. The molecular formula is C10H7BrClN. The monoisotopic (exact) mass is 255 g/mol. The third kappa shape index (κ3) is 1.69. The van der Waals surface area contributed by atoms with Gasteiger partial charge in [0.25, 0.3) is 0 Å². The number of aromatic nitrogens is 1. The van der Waals surface area contributed by atoms with Gasteiger partial charge in [-0.2, -0.15) is 0 Å². The van der Waals surface area contributed by atoms with Crippen LogP contribution in [0, 0.1) is 0 Å². The zero-order valence-electron chi connectivity index (χ0n) is 6.80. The lowest BCUT2D eigenvalue weighted by molar-refractivity contribution is 1.36. The molecule has 0 fully saturated rings. The van der Waals surface area contributed by atoms with Crippen molar-refractivity contribution in [3.8, 4) is 0 Å². The molecule has 0 amide bonds. The fourth-order valence-electron chi connectivity index (χ4n) is 1.33. The summed E-state index contributed by atoms with van der Waals surface area (Å²) in [4.78, 5) is 4.30. The predicted octanol–water partition coefficient (Wildman–Crippen LogP) is 3.78. The molecule has 0 unspecified atom stereocenters. The van der Waals surface area contributed by atoms with E-state index < -0.39 is 0 Å². The SMILES string of the molecule is Clc1cc(CBr)c2ncccc2c1. The van der Waals surface area contributed by atoms with Crippen LogP contribution in [-0.2, 0) is 5.33 Å². The molecule has 1 aromatic heterocycles. The van der Waals surface area contributed by atoms with Gasteiger partial charge in [0, 0.05) is 21.9 Å². The Hall–Kier alpha value is -0.600. The molecule has 66 valence electrons. The molecule has 0 aliphatic heterocycles. The third-order valence-corrected chi connectivity index (χ3v) is 2.71. The number of hydrogen-bond acceptors (Lipinski definition) is 1. The van der Waals surface area contributed by atoms with E-state index in [9.17, 15) is 0 Å². The van der Waals surface area contributed by atoms with Gasteiger partial charge in [0.2, 0.25) is 0 Å². The van der Waals surface area contributed by atoms with E-state index >= 15 is 0 Å². The van der Waals surface area contributed by atoms with Gasteiger partial charge in [0.1, 0.15) is 0 Å². The maximum Gasteiger partial charge on any atom is 0.0743 e. The van der Waals surface area contributed by atoms with Gasteiger partial charge >= 0.3 is 0 Å². The average Bonchev–Trinajstić information content (AvgIpc) is 2.16. The first-order chi connectivity index (χ1) is 6.31. The molecule has 3 heteroatoms. The van der Waals surface area contributed by atoms with Gasteiger partial charge in [-0.15, -0.1) is 0 Å². The summed E-state index contributed by atoms with van der Waals surface area (Å²) >= 11 is 9.37. The zero-order chi connectivity index (χ0) is 9.26. The van der Waals surface area contributed by atoms with Gasteiger partial charge in [0.05, 0.1) is 5.52 Å². The summed E-state index contributed by atoms with van der Waals surface area (Å²) in [6, 6.07) is 7.79. The summed E-state index contributed by atoms with van der Waals surface area (Å²) in [5.41, 5.74) is 2.15. The number of nitrogens with zero attached hydrogens (tertiary/aromatic N) is 1. The average molecular weight is 257 g/mol. The molecule has 1 aromatic carbocycles. The predicted molar refractivity (Wildman–Crippen MR) is 59.4 cm³/mol. The van der Waals surface area contributed by atoms with Crippen molar-refractivity contribution in [1.29, 1.82) is 0 Å². The van der Waals surface area contributed by atoms with E-state index in [0.29, 0.717) is 0 Å². The second kappa shape index (κ2) is 3.64. The molecular weight excluding hydrogens is 249 g/mol. The fourth-order valence-corrected chi connectivity index (χ4v) is 2.01. The van der Waals surface area contributed by atoms with Crippen molar-refractivity contribution in [2.75, 3.05) is 0 Å². The molecule has 1 heterocycles. The standard InChI is InChI=1S/C10H7BrClN/c11-6-8-5-9(12)4-7-2-1-3-13-10(7)8/h1-5H,6H2. The molecule has 0 aliphatic carbocycles. The summed E-state index contributed by atoms with van der Waals surface area (Å²) in [7, 11) is 0. The van der Waals surface area contributed by atoms with E-state index in [1.165, 1.54) is 0 Å². The van der Waals surface area contributed by atoms with Gasteiger partial charge in [-0.25, -0.2) is 0 Å². The summed E-state index contributed by atoms with van der Waals surface area (Å²) in [6.45, 7) is 0. The highest BCUT2D eigenvalue weighted by molar-refractivity contribution is 9.08. The van der Waals surface area contributed by atoms with Gasteiger partial charge in [-0.05, 0) is 23.8 Å². The first kappa shape index (κ1) is 8.97. The number of alkyl halides is 1. The highest BCUT2D eigenvalue weighted by atomic mass is 79.9. The molecule has 0 N–H and O–H groups in total. The van der Waals surface area contributed by atoms with Gasteiger partial charge < -0.3 is 0 Å². The van der Waals surface area contributed by atoms with E-state index in [0.717, 1.165) is 26.8 Å². The smallest absolute Gasteiger partial charge is 0.0743 e. The molecule has 0 aliphatic rings. The van der Waals surface area contributed by atoms with Crippen molar-refractivity contribution in [2.24, 2.45) is 0 Å². The summed E-state index contributed by atoms with van der Waals surface area (Å²) in [5, 5.41) is 2.63. The molecule has 0 bridgehead atoms. The summed E-state index contributed by atoms with van der Waals surface area (Å²) in [5.74, 6) is 0. The Morgan fingerprint density at radius 2 is 2.23 bits per heavy atom. The van der Waals surface area contributed by atoms with Crippen molar-refractivity contribution in [3.05, 3.63) is 41.0 Å². The van der Waals surface area contributed by atoms with E-state index in [2.05, 4.69) is 20.9 Å². The number of hydrogen-bond donors (Lipinski definition) is 0. The maximum atomic E-state index is 5.95. The minimum absolute atomic E-state index is 0.759. The molecule has 13 heavy (non-hydrogen) atoms. The van der Waals surface area contributed by atoms with Crippen LogP contribution in [0.25, 0.3) is 10.9 Å². The van der Waals surface area contributed by atoms with Crippen molar-refractivity contribution >= 4 is 38.4 Å². The molecule has 0 atom stereocenters. The van der Waals surface area contributed by atoms with Crippen LogP contribution in [0.2, 0.25) is 5.02 Å². The van der Waals surface area contributed by atoms with E-state index in [1.807, 2.05) is 24.3 Å². The Morgan fingerprint density at radius 3 is 3.00 bits per heavy atom. The summed E-state index contributed by atoms with van der Waals surface area (Å²) in [6.07, 6.45) is 1.79. The number of halogens is 2. The van der Waals surface area contributed by atoms with Crippen LogP contribution >= 0.6 is 27.5 Å². The van der Waals surface area contributed by atoms with Gasteiger partial charge in [-0.1, -0.05) is 33.6 Å². The Bertz CT molecular complexity index is 442. The highest BCUT2D eigenvalue weighted by Gasteiger charge is 2.02. The molecule has 0 saturated carbocycles. The number of pyridine rings is 1. The minimum atomic E-state index is 0.759.